The van der Waals surface area contributed by atoms with Crippen LogP contribution in [0.1, 0.15) is 32.2 Å². The largest absolute Gasteiger partial charge is 0.330 e. The molecule has 0 saturated carbocycles. The number of aromatic amines is 1. The number of rotatable bonds is 4. The van der Waals surface area contributed by atoms with Crippen LogP contribution in [0.15, 0.2) is 15.9 Å². The average Bonchev–Trinajstić information content (AvgIpc) is 3.07. The van der Waals surface area contributed by atoms with Gasteiger partial charge in [-0.25, -0.2) is 9.78 Å². The highest BCUT2D eigenvalue weighted by Crippen LogP contribution is 2.19. The molecule has 1 aliphatic rings. The predicted octanol–water partition coefficient (Wildman–Crippen LogP) is 0.221. The van der Waals surface area contributed by atoms with Crippen LogP contribution in [0.2, 0.25) is 0 Å². The third-order valence-corrected chi connectivity index (χ3v) is 3.87. The summed E-state index contributed by atoms with van der Waals surface area (Å²) in [6.07, 6.45) is 4.53. The van der Waals surface area contributed by atoms with E-state index in [0.29, 0.717) is 17.7 Å². The van der Waals surface area contributed by atoms with Gasteiger partial charge in [0.15, 0.2) is 11.2 Å². The third-order valence-electron chi connectivity index (χ3n) is 3.87. The molecule has 2 aromatic rings. The number of aryl methyl sites for hydroxylation is 1. The Balaban J connectivity index is 2.16. The van der Waals surface area contributed by atoms with Gasteiger partial charge in [-0.1, -0.05) is 13.3 Å². The summed E-state index contributed by atoms with van der Waals surface area (Å²) in [4.78, 5) is 30.8. The van der Waals surface area contributed by atoms with Crippen LogP contribution < -0.4 is 16.6 Å². The van der Waals surface area contributed by atoms with Gasteiger partial charge in [0.05, 0.1) is 6.33 Å². The van der Waals surface area contributed by atoms with Crippen molar-refractivity contribution in [3.8, 4) is 0 Å². The van der Waals surface area contributed by atoms with Crippen LogP contribution in [0.3, 0.4) is 0 Å². The van der Waals surface area contributed by atoms with Gasteiger partial charge in [-0.05, 0) is 19.4 Å². The van der Waals surface area contributed by atoms with E-state index in [9.17, 15) is 9.59 Å². The van der Waals surface area contributed by atoms with Crippen LogP contribution in [0.4, 0.5) is 0 Å². The number of aromatic nitrogens is 4. The zero-order valence-corrected chi connectivity index (χ0v) is 11.6. The molecular formula is C13H19N5O2. The lowest BCUT2D eigenvalue weighted by molar-refractivity contribution is 0.558. The van der Waals surface area contributed by atoms with E-state index in [2.05, 4.69) is 22.2 Å². The van der Waals surface area contributed by atoms with Gasteiger partial charge in [0.1, 0.15) is 0 Å². The molecule has 108 valence electrons. The summed E-state index contributed by atoms with van der Waals surface area (Å²) in [5, 5.41) is 3.28. The van der Waals surface area contributed by atoms with Crippen LogP contribution in [0.25, 0.3) is 11.2 Å². The van der Waals surface area contributed by atoms with Crippen molar-refractivity contribution in [3.63, 3.8) is 0 Å². The van der Waals surface area contributed by atoms with E-state index < -0.39 is 0 Å². The molecule has 0 radical (unpaired) electrons. The Morgan fingerprint density at radius 3 is 3.00 bits per heavy atom. The lowest BCUT2D eigenvalue weighted by Gasteiger charge is -2.11. The number of hydrogen-bond donors (Lipinski definition) is 2. The molecule has 0 spiro atoms. The normalized spacial score (nSPS) is 18.9. The van der Waals surface area contributed by atoms with Gasteiger partial charge in [-0.2, -0.15) is 0 Å². The molecule has 0 bridgehead atoms. The van der Waals surface area contributed by atoms with Crippen LogP contribution in [-0.4, -0.2) is 32.2 Å². The van der Waals surface area contributed by atoms with Gasteiger partial charge in [-0.15, -0.1) is 0 Å². The second kappa shape index (κ2) is 5.24. The van der Waals surface area contributed by atoms with Gasteiger partial charge >= 0.3 is 5.69 Å². The van der Waals surface area contributed by atoms with E-state index in [-0.39, 0.29) is 17.3 Å². The molecule has 1 aliphatic heterocycles. The molecule has 7 heteroatoms. The Bertz CT molecular complexity index is 720. The maximum absolute atomic E-state index is 12.1. The second-order valence-corrected chi connectivity index (χ2v) is 5.24. The molecule has 1 atom stereocenters. The summed E-state index contributed by atoms with van der Waals surface area (Å²) >= 11 is 0. The molecule has 1 unspecified atom stereocenters. The molecular weight excluding hydrogens is 258 g/mol. The minimum absolute atomic E-state index is 0.234. The summed E-state index contributed by atoms with van der Waals surface area (Å²) < 4.78 is 3.47. The van der Waals surface area contributed by atoms with E-state index in [1.807, 2.05) is 4.57 Å². The zero-order valence-electron chi connectivity index (χ0n) is 11.6. The average molecular weight is 277 g/mol. The predicted molar refractivity (Wildman–Crippen MR) is 76.0 cm³/mol. The SMILES string of the molecule is CCCCn1c(=O)[nH]c(=O)c2c1ncn2C1CCNC1. The van der Waals surface area contributed by atoms with E-state index in [1.165, 1.54) is 0 Å². The molecule has 2 aromatic heterocycles. The molecule has 1 saturated heterocycles. The van der Waals surface area contributed by atoms with Crippen LogP contribution in [0, 0.1) is 0 Å². The molecule has 0 aromatic carbocycles. The number of H-pyrrole nitrogens is 1. The van der Waals surface area contributed by atoms with Gasteiger partial charge in [0.25, 0.3) is 5.56 Å². The molecule has 2 N–H and O–H groups in total. The first kappa shape index (κ1) is 13.1. The van der Waals surface area contributed by atoms with Crippen LogP contribution in [-0.2, 0) is 6.54 Å². The highest BCUT2D eigenvalue weighted by molar-refractivity contribution is 5.70. The van der Waals surface area contributed by atoms with Crippen LogP contribution >= 0.6 is 0 Å². The maximum atomic E-state index is 12.1. The Morgan fingerprint density at radius 1 is 1.45 bits per heavy atom. The van der Waals surface area contributed by atoms with Crippen molar-refractivity contribution in [2.24, 2.45) is 0 Å². The number of nitrogens with zero attached hydrogens (tertiary/aromatic N) is 3. The maximum Gasteiger partial charge on any atom is 0.330 e. The molecule has 1 fully saturated rings. The smallest absolute Gasteiger partial charge is 0.320 e. The number of unbranched alkanes of at least 4 members (excludes halogenated alkanes) is 1. The lowest BCUT2D eigenvalue weighted by atomic mass is 10.2. The Hall–Kier alpha value is -1.89. The molecule has 7 nitrogen and oxygen atoms in total. The van der Waals surface area contributed by atoms with Crippen molar-refractivity contribution in [1.29, 1.82) is 0 Å². The van der Waals surface area contributed by atoms with Gasteiger partial charge in [0, 0.05) is 19.1 Å². The van der Waals surface area contributed by atoms with Gasteiger partial charge in [0.2, 0.25) is 0 Å². The minimum atomic E-state index is -0.370. The highest BCUT2D eigenvalue weighted by atomic mass is 16.2. The van der Waals surface area contributed by atoms with E-state index in [4.69, 9.17) is 0 Å². The fourth-order valence-electron chi connectivity index (χ4n) is 2.76. The lowest BCUT2D eigenvalue weighted by Crippen LogP contribution is -2.31. The minimum Gasteiger partial charge on any atom is -0.320 e. The Morgan fingerprint density at radius 2 is 2.30 bits per heavy atom. The quantitative estimate of drug-likeness (QED) is 0.837. The van der Waals surface area contributed by atoms with Crippen molar-refractivity contribution in [2.45, 2.75) is 38.8 Å². The standard InChI is InChI=1S/C13H19N5O2/c1-2-3-6-17-11-10(12(19)16-13(17)20)18(8-15-11)9-4-5-14-7-9/h8-9,14H,2-7H2,1H3,(H,16,19,20). The molecule has 3 rings (SSSR count). The summed E-state index contributed by atoms with van der Waals surface area (Å²) in [5.74, 6) is 0. The van der Waals surface area contributed by atoms with E-state index in [1.54, 1.807) is 10.9 Å². The molecule has 3 heterocycles. The van der Waals surface area contributed by atoms with E-state index in [0.717, 1.165) is 32.4 Å². The third kappa shape index (κ3) is 2.07. The molecule has 20 heavy (non-hydrogen) atoms. The Kier molecular flexibility index (Phi) is 3.43. The Labute approximate surface area is 115 Å². The summed E-state index contributed by atoms with van der Waals surface area (Å²) in [5.41, 5.74) is 0.293. The first-order valence-electron chi connectivity index (χ1n) is 7.12. The van der Waals surface area contributed by atoms with E-state index >= 15 is 0 Å². The number of fused-ring (bicyclic) bond motifs is 1. The number of hydrogen-bond acceptors (Lipinski definition) is 4. The van der Waals surface area contributed by atoms with Gasteiger partial charge < -0.3 is 9.88 Å². The fraction of sp³-hybridized carbons (Fsp3) is 0.615. The van der Waals surface area contributed by atoms with Crippen molar-refractivity contribution in [1.82, 2.24) is 24.4 Å². The van der Waals surface area contributed by atoms with Crippen molar-refractivity contribution in [2.75, 3.05) is 13.1 Å². The highest BCUT2D eigenvalue weighted by Gasteiger charge is 2.21. The molecule has 0 amide bonds. The number of imidazole rings is 1. The fourth-order valence-corrected chi connectivity index (χ4v) is 2.76. The zero-order chi connectivity index (χ0) is 14.1. The summed E-state index contributed by atoms with van der Waals surface area (Å²) in [7, 11) is 0. The second-order valence-electron chi connectivity index (χ2n) is 5.24. The monoisotopic (exact) mass is 277 g/mol. The van der Waals surface area contributed by atoms with Crippen molar-refractivity contribution in [3.05, 3.63) is 27.2 Å². The van der Waals surface area contributed by atoms with Crippen LogP contribution in [0.5, 0.6) is 0 Å². The first-order chi connectivity index (χ1) is 9.72. The summed E-state index contributed by atoms with van der Waals surface area (Å²) in [6, 6.07) is 0.234. The van der Waals surface area contributed by atoms with Crippen molar-refractivity contribution >= 4 is 11.2 Å². The summed E-state index contributed by atoms with van der Waals surface area (Å²) in [6.45, 7) is 4.43. The van der Waals surface area contributed by atoms with Crippen molar-refractivity contribution < 1.29 is 0 Å². The first-order valence-corrected chi connectivity index (χ1v) is 7.12. The molecule has 0 aliphatic carbocycles. The topological polar surface area (TPSA) is 84.7 Å². The number of nitrogens with one attached hydrogen (secondary N) is 2. The van der Waals surface area contributed by atoms with Gasteiger partial charge in [-0.3, -0.25) is 14.3 Å².